The fraction of sp³-hybridized carbons (Fsp3) is 1.00. The lowest BCUT2D eigenvalue weighted by Gasteiger charge is -2.20. The Kier molecular flexibility index (Phi) is 11.0. The van der Waals surface area contributed by atoms with Crippen molar-refractivity contribution < 1.29 is 5.11 Å². The third-order valence-electron chi connectivity index (χ3n) is 2.35. The Hall–Kier alpha value is 0.270. The summed E-state index contributed by atoms with van der Waals surface area (Å²) in [7, 11) is 0. The molecule has 0 rings (SSSR count). The summed E-state index contributed by atoms with van der Waals surface area (Å²) in [5, 5.41) is 8.89. The van der Waals surface area contributed by atoms with E-state index in [-0.39, 0.29) is 0 Å². The van der Waals surface area contributed by atoms with Gasteiger partial charge in [-0.25, -0.2) is 0 Å². The highest BCUT2D eigenvalue weighted by molar-refractivity contribution is 7.99. The van der Waals surface area contributed by atoms with Crippen molar-refractivity contribution in [2.75, 3.05) is 37.7 Å². The molecule has 0 aromatic rings. The highest BCUT2D eigenvalue weighted by Gasteiger charge is 2.03. The fourth-order valence-electron chi connectivity index (χ4n) is 1.50. The molecular weight excluding hydrogens is 206 g/mol. The minimum Gasteiger partial charge on any atom is -0.396 e. The van der Waals surface area contributed by atoms with Crippen molar-refractivity contribution >= 4 is 11.8 Å². The van der Waals surface area contributed by atoms with Gasteiger partial charge >= 0.3 is 0 Å². The molecule has 0 fully saturated rings. The molecule has 0 radical (unpaired) electrons. The third-order valence-corrected chi connectivity index (χ3v) is 3.62. The molecule has 0 saturated carbocycles. The summed E-state index contributed by atoms with van der Waals surface area (Å²) in [4.78, 5) is 2.54. The van der Waals surface area contributed by atoms with Crippen molar-refractivity contribution in [3.05, 3.63) is 0 Å². The van der Waals surface area contributed by atoms with Gasteiger partial charge in [0, 0.05) is 18.9 Å². The number of aliphatic hydroxyl groups is 1. The third kappa shape index (κ3) is 9.21. The molecule has 0 heterocycles. The highest BCUT2D eigenvalue weighted by atomic mass is 32.2. The zero-order chi connectivity index (χ0) is 11.5. The number of aliphatic hydroxyl groups excluding tert-OH is 1. The maximum absolute atomic E-state index is 8.89. The van der Waals surface area contributed by atoms with Gasteiger partial charge in [0.25, 0.3) is 0 Å². The van der Waals surface area contributed by atoms with Crippen LogP contribution in [0.2, 0.25) is 0 Å². The van der Waals surface area contributed by atoms with E-state index in [1.165, 1.54) is 38.2 Å². The molecule has 0 saturated heterocycles. The molecule has 0 aliphatic carbocycles. The number of thioether (sulfide) groups is 1. The topological polar surface area (TPSA) is 23.5 Å². The summed E-state index contributed by atoms with van der Waals surface area (Å²) < 4.78 is 0. The monoisotopic (exact) mass is 233 g/mol. The predicted octanol–water partition coefficient (Wildman–Crippen LogP) is 2.47. The second kappa shape index (κ2) is 10.8. The van der Waals surface area contributed by atoms with Gasteiger partial charge in [0.1, 0.15) is 0 Å². The lowest BCUT2D eigenvalue weighted by Crippen LogP contribution is -2.28. The summed E-state index contributed by atoms with van der Waals surface area (Å²) in [6.07, 6.45) is 2.50. The van der Waals surface area contributed by atoms with Crippen LogP contribution < -0.4 is 0 Å². The van der Waals surface area contributed by atoms with Crippen LogP contribution in [0.15, 0.2) is 0 Å². The molecule has 0 aliphatic heterocycles. The SMILES string of the molecule is CCCN(CCC)CCSCC(C)CO. The van der Waals surface area contributed by atoms with E-state index in [9.17, 15) is 0 Å². The predicted molar refractivity (Wildman–Crippen MR) is 70.6 cm³/mol. The fourth-order valence-corrected chi connectivity index (χ4v) is 2.56. The average Bonchev–Trinajstić information content (AvgIpc) is 2.24. The molecule has 3 heteroatoms. The first-order valence-electron chi connectivity index (χ1n) is 6.15. The highest BCUT2D eigenvalue weighted by Crippen LogP contribution is 2.08. The first kappa shape index (κ1) is 15.3. The smallest absolute Gasteiger partial charge is 0.0464 e. The van der Waals surface area contributed by atoms with Crippen LogP contribution in [-0.2, 0) is 0 Å². The van der Waals surface area contributed by atoms with Crippen LogP contribution in [0.25, 0.3) is 0 Å². The van der Waals surface area contributed by atoms with Gasteiger partial charge < -0.3 is 10.0 Å². The van der Waals surface area contributed by atoms with Crippen molar-refractivity contribution in [1.82, 2.24) is 4.90 Å². The molecule has 1 N–H and O–H groups in total. The molecule has 92 valence electrons. The van der Waals surface area contributed by atoms with Gasteiger partial charge in [-0.15, -0.1) is 0 Å². The van der Waals surface area contributed by atoms with Gasteiger partial charge in [0.2, 0.25) is 0 Å². The summed E-state index contributed by atoms with van der Waals surface area (Å²) in [5.74, 6) is 2.73. The van der Waals surface area contributed by atoms with Crippen LogP contribution in [0, 0.1) is 5.92 Å². The van der Waals surface area contributed by atoms with E-state index in [2.05, 4.69) is 25.7 Å². The normalized spacial score (nSPS) is 13.4. The van der Waals surface area contributed by atoms with Gasteiger partial charge in [0.05, 0.1) is 0 Å². The van der Waals surface area contributed by atoms with Gasteiger partial charge in [0.15, 0.2) is 0 Å². The molecule has 1 atom stereocenters. The second-order valence-electron chi connectivity index (χ2n) is 4.20. The maximum atomic E-state index is 8.89. The number of hydrogen-bond acceptors (Lipinski definition) is 3. The van der Waals surface area contributed by atoms with Crippen molar-refractivity contribution in [3.63, 3.8) is 0 Å². The van der Waals surface area contributed by atoms with Crippen LogP contribution in [-0.4, -0.2) is 47.8 Å². The van der Waals surface area contributed by atoms with Crippen LogP contribution in [0.3, 0.4) is 0 Å². The van der Waals surface area contributed by atoms with Crippen LogP contribution in [0.4, 0.5) is 0 Å². The molecule has 15 heavy (non-hydrogen) atoms. The maximum Gasteiger partial charge on any atom is 0.0464 e. The van der Waals surface area contributed by atoms with Gasteiger partial charge in [-0.1, -0.05) is 20.8 Å². The largest absolute Gasteiger partial charge is 0.396 e. The van der Waals surface area contributed by atoms with Crippen molar-refractivity contribution in [3.8, 4) is 0 Å². The average molecular weight is 233 g/mol. The molecule has 0 amide bonds. The second-order valence-corrected chi connectivity index (χ2v) is 5.35. The van der Waals surface area contributed by atoms with E-state index in [0.29, 0.717) is 12.5 Å². The lowest BCUT2D eigenvalue weighted by molar-refractivity contribution is 0.250. The van der Waals surface area contributed by atoms with Gasteiger partial charge in [-0.2, -0.15) is 11.8 Å². The van der Waals surface area contributed by atoms with E-state index in [4.69, 9.17) is 5.11 Å². The van der Waals surface area contributed by atoms with Crippen molar-refractivity contribution in [1.29, 1.82) is 0 Å². The van der Waals surface area contributed by atoms with Gasteiger partial charge in [-0.05, 0) is 37.6 Å². The van der Waals surface area contributed by atoms with E-state index >= 15 is 0 Å². The van der Waals surface area contributed by atoms with E-state index in [1.54, 1.807) is 0 Å². The Bertz CT molecular complexity index is 127. The molecular formula is C12H27NOS. The van der Waals surface area contributed by atoms with E-state index in [0.717, 1.165) is 5.75 Å². The minimum absolute atomic E-state index is 0.320. The quantitative estimate of drug-likeness (QED) is 0.586. The Balaban J connectivity index is 3.43. The molecule has 0 aromatic carbocycles. The van der Waals surface area contributed by atoms with Crippen LogP contribution >= 0.6 is 11.8 Å². The first-order chi connectivity index (χ1) is 7.24. The summed E-state index contributed by atoms with van der Waals surface area (Å²) >= 11 is 1.96. The van der Waals surface area contributed by atoms with E-state index < -0.39 is 0 Å². The number of hydrogen-bond donors (Lipinski definition) is 1. The molecule has 0 bridgehead atoms. The first-order valence-corrected chi connectivity index (χ1v) is 7.31. The minimum atomic E-state index is 0.320. The zero-order valence-electron chi connectivity index (χ0n) is 10.5. The summed E-state index contributed by atoms with van der Waals surface area (Å²) in [6, 6.07) is 0. The van der Waals surface area contributed by atoms with Crippen LogP contribution in [0.1, 0.15) is 33.6 Å². The Morgan fingerprint density at radius 3 is 2.20 bits per heavy atom. The number of nitrogens with zero attached hydrogens (tertiary/aromatic N) is 1. The van der Waals surface area contributed by atoms with Crippen LogP contribution in [0.5, 0.6) is 0 Å². The van der Waals surface area contributed by atoms with Gasteiger partial charge in [-0.3, -0.25) is 0 Å². The Labute approximate surface area is 99.4 Å². The molecule has 1 unspecified atom stereocenters. The Morgan fingerprint density at radius 1 is 1.13 bits per heavy atom. The zero-order valence-corrected chi connectivity index (χ0v) is 11.4. The summed E-state index contributed by atoms with van der Waals surface area (Å²) in [5.41, 5.74) is 0. The van der Waals surface area contributed by atoms with Crippen molar-refractivity contribution in [2.24, 2.45) is 5.92 Å². The molecule has 0 aliphatic rings. The molecule has 0 spiro atoms. The molecule has 2 nitrogen and oxygen atoms in total. The standard InChI is InChI=1S/C12H27NOS/c1-4-6-13(7-5-2)8-9-15-11-12(3)10-14/h12,14H,4-11H2,1-3H3. The number of rotatable bonds is 10. The summed E-state index contributed by atoms with van der Waals surface area (Å²) in [6.45, 7) is 10.6. The Morgan fingerprint density at radius 2 is 1.73 bits per heavy atom. The van der Waals surface area contributed by atoms with Crippen molar-refractivity contribution in [2.45, 2.75) is 33.6 Å². The van der Waals surface area contributed by atoms with E-state index in [1.807, 2.05) is 11.8 Å². The molecule has 0 aromatic heterocycles. The lowest BCUT2D eigenvalue weighted by atomic mass is 10.2.